The highest BCUT2D eigenvalue weighted by atomic mass is 32.1. The molecule has 0 fully saturated rings. The Bertz CT molecular complexity index is 390. The molecular weight excluding hydrogens is 262 g/mol. The first-order valence-electron chi connectivity index (χ1n) is 8.34. The van der Waals surface area contributed by atoms with Gasteiger partial charge in [-0.1, -0.05) is 27.7 Å². The minimum atomic E-state index is 0.434. The third-order valence-electron chi connectivity index (χ3n) is 4.18. The fourth-order valence-electron chi connectivity index (χ4n) is 2.93. The summed E-state index contributed by atoms with van der Waals surface area (Å²) in [6.45, 7) is 10.4. The van der Waals surface area contributed by atoms with E-state index in [2.05, 4.69) is 50.4 Å². The zero-order chi connectivity index (χ0) is 14.6. The topological polar surface area (TPSA) is 12.0 Å². The van der Waals surface area contributed by atoms with Crippen LogP contribution in [0.5, 0.6) is 0 Å². The number of hydrogen-bond acceptors (Lipinski definition) is 2. The normalized spacial score (nSPS) is 17.0. The zero-order valence-corrected chi connectivity index (χ0v) is 14.5. The van der Waals surface area contributed by atoms with E-state index >= 15 is 0 Å². The summed E-state index contributed by atoms with van der Waals surface area (Å²) in [5, 5.41) is 3.78. The van der Waals surface area contributed by atoms with Crippen LogP contribution in [0.15, 0.2) is 6.07 Å². The molecular formula is C18H31NS. The Morgan fingerprint density at radius 1 is 1.25 bits per heavy atom. The van der Waals surface area contributed by atoms with Crippen LogP contribution in [0, 0.1) is 5.41 Å². The third-order valence-corrected chi connectivity index (χ3v) is 5.53. The zero-order valence-electron chi connectivity index (χ0n) is 13.7. The average molecular weight is 294 g/mol. The first-order chi connectivity index (χ1) is 9.49. The van der Waals surface area contributed by atoms with Crippen molar-refractivity contribution in [3.05, 3.63) is 21.4 Å². The average Bonchev–Trinajstić information content (AvgIpc) is 2.81. The summed E-state index contributed by atoms with van der Waals surface area (Å²) >= 11 is 2.08. The minimum absolute atomic E-state index is 0.434. The Hall–Kier alpha value is -0.340. The maximum atomic E-state index is 3.78. The van der Waals surface area contributed by atoms with Crippen molar-refractivity contribution in [2.45, 2.75) is 78.7 Å². The highest BCUT2D eigenvalue weighted by Gasteiger charge is 2.21. The second-order valence-corrected chi connectivity index (χ2v) is 8.58. The van der Waals surface area contributed by atoms with Gasteiger partial charge >= 0.3 is 0 Å². The van der Waals surface area contributed by atoms with E-state index in [1.54, 1.807) is 15.3 Å². The standard InChI is InChI=1S/C18H31NS/c1-5-12-19-15(10-11-18(2,3)4)17-13-14-8-6-7-9-16(14)20-17/h13,15,19H,5-12H2,1-4H3. The van der Waals surface area contributed by atoms with Crippen molar-refractivity contribution in [3.8, 4) is 0 Å². The molecule has 2 heteroatoms. The molecule has 0 saturated carbocycles. The van der Waals surface area contributed by atoms with Gasteiger partial charge in [0.25, 0.3) is 0 Å². The lowest BCUT2D eigenvalue weighted by Crippen LogP contribution is -2.23. The number of thiophene rings is 1. The molecule has 0 bridgehead atoms. The number of hydrogen-bond donors (Lipinski definition) is 1. The molecule has 1 heterocycles. The monoisotopic (exact) mass is 293 g/mol. The molecule has 0 amide bonds. The van der Waals surface area contributed by atoms with Crippen molar-refractivity contribution < 1.29 is 0 Å². The van der Waals surface area contributed by atoms with Crippen LogP contribution in [0.4, 0.5) is 0 Å². The molecule has 1 aliphatic rings. The Balaban J connectivity index is 2.06. The molecule has 2 rings (SSSR count). The summed E-state index contributed by atoms with van der Waals surface area (Å²) in [5.74, 6) is 0. The van der Waals surface area contributed by atoms with Crippen molar-refractivity contribution in [2.75, 3.05) is 6.54 Å². The number of rotatable bonds is 6. The summed E-state index contributed by atoms with van der Waals surface area (Å²) in [7, 11) is 0. The van der Waals surface area contributed by atoms with E-state index in [0.29, 0.717) is 11.5 Å². The molecule has 114 valence electrons. The van der Waals surface area contributed by atoms with Crippen molar-refractivity contribution in [2.24, 2.45) is 5.41 Å². The second-order valence-electron chi connectivity index (χ2n) is 7.41. The van der Waals surface area contributed by atoms with Crippen molar-refractivity contribution in [1.82, 2.24) is 5.32 Å². The molecule has 1 atom stereocenters. The molecule has 1 nitrogen and oxygen atoms in total. The number of nitrogens with one attached hydrogen (secondary N) is 1. The predicted molar refractivity (Wildman–Crippen MR) is 90.7 cm³/mol. The lowest BCUT2D eigenvalue weighted by molar-refractivity contribution is 0.333. The molecule has 1 aromatic rings. The van der Waals surface area contributed by atoms with Crippen LogP contribution >= 0.6 is 11.3 Å². The van der Waals surface area contributed by atoms with Crippen LogP contribution in [0.25, 0.3) is 0 Å². The summed E-state index contributed by atoms with van der Waals surface area (Å²) in [6, 6.07) is 3.08. The van der Waals surface area contributed by atoms with E-state index in [1.807, 2.05) is 0 Å². The molecule has 1 unspecified atom stereocenters. The molecule has 1 N–H and O–H groups in total. The molecule has 1 aliphatic carbocycles. The molecule has 0 radical (unpaired) electrons. The fourth-order valence-corrected chi connectivity index (χ4v) is 4.29. The highest BCUT2D eigenvalue weighted by molar-refractivity contribution is 7.12. The van der Waals surface area contributed by atoms with E-state index < -0.39 is 0 Å². The Labute approximate surface area is 129 Å². The van der Waals surface area contributed by atoms with Crippen LogP contribution in [0.1, 0.15) is 81.2 Å². The van der Waals surface area contributed by atoms with Gasteiger partial charge in [-0.3, -0.25) is 0 Å². The van der Waals surface area contributed by atoms with Crippen molar-refractivity contribution in [3.63, 3.8) is 0 Å². The van der Waals surface area contributed by atoms with Gasteiger partial charge in [0.05, 0.1) is 0 Å². The summed E-state index contributed by atoms with van der Waals surface area (Å²) in [6.07, 6.45) is 9.18. The van der Waals surface area contributed by atoms with Crippen LogP contribution in [0.3, 0.4) is 0 Å². The SMILES string of the molecule is CCCNC(CCC(C)(C)C)c1cc2c(s1)CCCC2. The molecule has 0 aromatic carbocycles. The van der Waals surface area contributed by atoms with Gasteiger partial charge in [0.2, 0.25) is 0 Å². The van der Waals surface area contributed by atoms with E-state index in [1.165, 1.54) is 44.9 Å². The van der Waals surface area contributed by atoms with E-state index in [4.69, 9.17) is 0 Å². The van der Waals surface area contributed by atoms with Crippen molar-refractivity contribution >= 4 is 11.3 Å². The third kappa shape index (κ3) is 4.60. The molecule has 0 aliphatic heterocycles. The van der Waals surface area contributed by atoms with Crippen LogP contribution in [-0.4, -0.2) is 6.54 Å². The lowest BCUT2D eigenvalue weighted by atomic mass is 9.88. The van der Waals surface area contributed by atoms with Gasteiger partial charge in [0.15, 0.2) is 0 Å². The maximum absolute atomic E-state index is 3.78. The number of fused-ring (bicyclic) bond motifs is 1. The largest absolute Gasteiger partial charge is 0.309 e. The van der Waals surface area contributed by atoms with Crippen LogP contribution in [0.2, 0.25) is 0 Å². The smallest absolute Gasteiger partial charge is 0.0415 e. The molecule has 0 saturated heterocycles. The van der Waals surface area contributed by atoms with Crippen molar-refractivity contribution in [1.29, 1.82) is 0 Å². The quantitative estimate of drug-likeness (QED) is 0.731. The van der Waals surface area contributed by atoms with Gasteiger partial charge in [-0.15, -0.1) is 11.3 Å². The van der Waals surface area contributed by atoms with Gasteiger partial charge in [-0.2, -0.15) is 0 Å². The van der Waals surface area contributed by atoms with Gasteiger partial charge in [0.1, 0.15) is 0 Å². The summed E-state index contributed by atoms with van der Waals surface area (Å²) < 4.78 is 0. The highest BCUT2D eigenvalue weighted by Crippen LogP contribution is 2.36. The lowest BCUT2D eigenvalue weighted by Gasteiger charge is -2.23. The maximum Gasteiger partial charge on any atom is 0.0415 e. The Morgan fingerprint density at radius 2 is 2.00 bits per heavy atom. The summed E-state index contributed by atoms with van der Waals surface area (Å²) in [5.41, 5.74) is 2.08. The number of aryl methyl sites for hydroxylation is 2. The molecule has 0 spiro atoms. The van der Waals surface area contributed by atoms with Crippen LogP contribution < -0.4 is 5.32 Å². The fraction of sp³-hybridized carbons (Fsp3) is 0.778. The van der Waals surface area contributed by atoms with Crippen LogP contribution in [-0.2, 0) is 12.8 Å². The minimum Gasteiger partial charge on any atom is -0.309 e. The first-order valence-corrected chi connectivity index (χ1v) is 9.16. The van der Waals surface area contributed by atoms with Gasteiger partial charge in [-0.25, -0.2) is 0 Å². The Kier molecular flexibility index (Phi) is 5.68. The molecule has 1 aromatic heterocycles. The second kappa shape index (κ2) is 7.09. The van der Waals surface area contributed by atoms with Gasteiger partial charge in [-0.05, 0) is 68.5 Å². The van der Waals surface area contributed by atoms with Gasteiger partial charge < -0.3 is 5.32 Å². The summed E-state index contributed by atoms with van der Waals surface area (Å²) in [4.78, 5) is 3.26. The van der Waals surface area contributed by atoms with E-state index in [0.717, 1.165) is 6.54 Å². The Morgan fingerprint density at radius 3 is 2.65 bits per heavy atom. The van der Waals surface area contributed by atoms with Gasteiger partial charge in [0, 0.05) is 15.8 Å². The van der Waals surface area contributed by atoms with E-state index in [-0.39, 0.29) is 0 Å². The van der Waals surface area contributed by atoms with E-state index in [9.17, 15) is 0 Å². The predicted octanol–water partition coefficient (Wildman–Crippen LogP) is 5.49. The molecule has 20 heavy (non-hydrogen) atoms. The first kappa shape index (κ1) is 16.0.